The van der Waals surface area contributed by atoms with Gasteiger partial charge in [0.25, 0.3) is 0 Å². The molecule has 152 valence electrons. The molecule has 1 fully saturated rings. The second-order valence-electron chi connectivity index (χ2n) is 6.81. The Morgan fingerprint density at radius 3 is 2.57 bits per heavy atom. The zero-order chi connectivity index (χ0) is 19.2. The first kappa shape index (κ1) is 23.0. The van der Waals surface area contributed by atoms with E-state index in [1.165, 1.54) is 0 Å². The molecule has 2 aromatic rings. The van der Waals surface area contributed by atoms with Crippen LogP contribution < -0.4 is 0 Å². The smallest absolute Gasteiger partial charge is 0.307 e. The first-order chi connectivity index (χ1) is 13.0. The van der Waals surface area contributed by atoms with E-state index in [-0.39, 0.29) is 24.4 Å². The second-order valence-corrected chi connectivity index (χ2v) is 7.63. The number of nitrogens with zero attached hydrogens (tertiary/aromatic N) is 1. The molecular formula is C21H24Cl3NO3. The highest BCUT2D eigenvalue weighted by Gasteiger charge is 2.25. The topological polar surface area (TPSA) is 49.8 Å². The van der Waals surface area contributed by atoms with Gasteiger partial charge in [-0.15, -0.1) is 12.4 Å². The summed E-state index contributed by atoms with van der Waals surface area (Å²) in [6.07, 6.45) is 1.41. The van der Waals surface area contributed by atoms with Crippen LogP contribution in [0.3, 0.4) is 0 Å². The molecule has 3 rings (SSSR count). The largest absolute Gasteiger partial charge is 0.481 e. The highest BCUT2D eigenvalue weighted by molar-refractivity contribution is 6.42. The van der Waals surface area contributed by atoms with Crippen LogP contribution in [-0.4, -0.2) is 42.2 Å². The lowest BCUT2D eigenvalue weighted by Gasteiger charge is -2.31. The molecule has 0 spiro atoms. The van der Waals surface area contributed by atoms with Gasteiger partial charge in [-0.2, -0.15) is 0 Å². The number of likely N-dealkylation sites (tertiary alicyclic amines) is 1. The minimum absolute atomic E-state index is 0. The molecule has 1 heterocycles. The average Bonchev–Trinajstić information content (AvgIpc) is 2.68. The Kier molecular flexibility index (Phi) is 9.06. The molecule has 7 heteroatoms. The predicted octanol–water partition coefficient (Wildman–Crippen LogP) is 5.32. The SMILES string of the molecule is Cl.O=C(O)C1CCCN(CCOC(c2ccccc2)c2ccc(Cl)c(Cl)c2)C1. The van der Waals surface area contributed by atoms with Crippen molar-refractivity contribution in [1.29, 1.82) is 0 Å². The summed E-state index contributed by atoms with van der Waals surface area (Å²) in [7, 11) is 0. The Morgan fingerprint density at radius 1 is 1.14 bits per heavy atom. The molecule has 1 aliphatic heterocycles. The van der Waals surface area contributed by atoms with E-state index in [0.717, 1.165) is 30.5 Å². The molecule has 1 aliphatic rings. The fourth-order valence-electron chi connectivity index (χ4n) is 3.45. The lowest BCUT2D eigenvalue weighted by Crippen LogP contribution is -2.40. The van der Waals surface area contributed by atoms with Crippen molar-refractivity contribution in [1.82, 2.24) is 4.90 Å². The third-order valence-corrected chi connectivity index (χ3v) is 5.63. The van der Waals surface area contributed by atoms with Gasteiger partial charge in [0, 0.05) is 13.1 Å². The minimum atomic E-state index is -0.710. The molecule has 0 aliphatic carbocycles. The standard InChI is InChI=1S/C21H23Cl2NO3.ClH/c22-18-9-8-16(13-19(18)23)20(15-5-2-1-3-6-15)27-12-11-24-10-4-7-17(14-24)21(25)26;/h1-3,5-6,8-9,13,17,20H,4,7,10-12,14H2,(H,25,26);1H. The monoisotopic (exact) mass is 443 g/mol. The van der Waals surface area contributed by atoms with Gasteiger partial charge >= 0.3 is 5.97 Å². The maximum absolute atomic E-state index is 11.2. The van der Waals surface area contributed by atoms with E-state index < -0.39 is 5.97 Å². The van der Waals surface area contributed by atoms with Gasteiger partial charge in [-0.05, 0) is 42.6 Å². The van der Waals surface area contributed by atoms with E-state index in [4.69, 9.17) is 27.9 Å². The first-order valence-corrected chi connectivity index (χ1v) is 9.87. The number of halogens is 3. The Balaban J connectivity index is 0.00000280. The summed E-state index contributed by atoms with van der Waals surface area (Å²) < 4.78 is 6.22. The number of aliphatic carboxylic acids is 1. The number of ether oxygens (including phenoxy) is 1. The number of benzene rings is 2. The van der Waals surface area contributed by atoms with Crippen molar-refractivity contribution in [2.75, 3.05) is 26.2 Å². The second kappa shape index (κ2) is 11.0. The molecule has 1 saturated heterocycles. The summed E-state index contributed by atoms with van der Waals surface area (Å²) in [5.41, 5.74) is 1.98. The van der Waals surface area contributed by atoms with Gasteiger partial charge in [-0.25, -0.2) is 0 Å². The molecule has 2 aromatic carbocycles. The maximum Gasteiger partial charge on any atom is 0.307 e. The predicted molar refractivity (Wildman–Crippen MR) is 115 cm³/mol. The van der Waals surface area contributed by atoms with Crippen LogP contribution in [0.4, 0.5) is 0 Å². The van der Waals surface area contributed by atoms with Crippen LogP contribution in [0.15, 0.2) is 48.5 Å². The molecule has 2 atom stereocenters. The summed E-state index contributed by atoms with van der Waals surface area (Å²) in [5, 5.41) is 10.2. The molecular weight excluding hydrogens is 421 g/mol. The fourth-order valence-corrected chi connectivity index (χ4v) is 3.75. The van der Waals surface area contributed by atoms with Crippen LogP contribution >= 0.6 is 35.6 Å². The number of carboxylic acids is 1. The number of piperidine rings is 1. The highest BCUT2D eigenvalue weighted by atomic mass is 35.5. The Labute approximate surface area is 181 Å². The van der Waals surface area contributed by atoms with Gasteiger partial charge in [-0.1, -0.05) is 59.6 Å². The summed E-state index contributed by atoms with van der Waals surface area (Å²) in [4.78, 5) is 13.4. The maximum atomic E-state index is 11.2. The van der Waals surface area contributed by atoms with E-state index in [9.17, 15) is 9.90 Å². The molecule has 2 unspecified atom stereocenters. The van der Waals surface area contributed by atoms with E-state index in [2.05, 4.69) is 4.90 Å². The van der Waals surface area contributed by atoms with Crippen molar-refractivity contribution < 1.29 is 14.6 Å². The molecule has 0 bridgehead atoms. The van der Waals surface area contributed by atoms with Gasteiger partial charge in [0.2, 0.25) is 0 Å². The lowest BCUT2D eigenvalue weighted by molar-refractivity contribution is -0.143. The van der Waals surface area contributed by atoms with Crippen LogP contribution in [0.25, 0.3) is 0 Å². The van der Waals surface area contributed by atoms with Crippen molar-refractivity contribution in [2.45, 2.75) is 18.9 Å². The van der Waals surface area contributed by atoms with Crippen LogP contribution in [0.1, 0.15) is 30.1 Å². The number of rotatable bonds is 7. The zero-order valence-corrected chi connectivity index (χ0v) is 17.7. The van der Waals surface area contributed by atoms with Crippen LogP contribution in [0.5, 0.6) is 0 Å². The van der Waals surface area contributed by atoms with Crippen LogP contribution in [0.2, 0.25) is 10.0 Å². The molecule has 28 heavy (non-hydrogen) atoms. The summed E-state index contributed by atoms with van der Waals surface area (Å²) >= 11 is 12.2. The zero-order valence-electron chi connectivity index (χ0n) is 15.4. The van der Waals surface area contributed by atoms with Crippen molar-refractivity contribution in [3.63, 3.8) is 0 Å². The number of carboxylic acid groups (broad SMARTS) is 1. The van der Waals surface area contributed by atoms with Crippen LogP contribution in [-0.2, 0) is 9.53 Å². The molecule has 0 saturated carbocycles. The molecule has 4 nitrogen and oxygen atoms in total. The van der Waals surface area contributed by atoms with Gasteiger partial charge in [0.05, 0.1) is 22.6 Å². The van der Waals surface area contributed by atoms with E-state index in [0.29, 0.717) is 29.7 Å². The van der Waals surface area contributed by atoms with Crippen molar-refractivity contribution in [2.24, 2.45) is 5.92 Å². The Morgan fingerprint density at radius 2 is 1.89 bits per heavy atom. The number of hydrogen-bond donors (Lipinski definition) is 1. The molecule has 1 N–H and O–H groups in total. The first-order valence-electron chi connectivity index (χ1n) is 9.11. The minimum Gasteiger partial charge on any atom is -0.481 e. The normalized spacial score (nSPS) is 18.3. The summed E-state index contributed by atoms with van der Waals surface area (Å²) in [6.45, 7) is 2.71. The van der Waals surface area contributed by atoms with Crippen molar-refractivity contribution in [3.05, 3.63) is 69.7 Å². The van der Waals surface area contributed by atoms with Gasteiger partial charge in [0.15, 0.2) is 0 Å². The van der Waals surface area contributed by atoms with Gasteiger partial charge < -0.3 is 14.7 Å². The van der Waals surface area contributed by atoms with Gasteiger partial charge in [0.1, 0.15) is 6.10 Å². The third-order valence-electron chi connectivity index (χ3n) is 4.90. The molecule has 0 radical (unpaired) electrons. The van der Waals surface area contributed by atoms with E-state index in [1.807, 2.05) is 42.5 Å². The van der Waals surface area contributed by atoms with E-state index in [1.54, 1.807) is 6.07 Å². The molecule has 0 aromatic heterocycles. The highest BCUT2D eigenvalue weighted by Crippen LogP contribution is 2.31. The summed E-state index contributed by atoms with van der Waals surface area (Å²) in [6, 6.07) is 15.5. The van der Waals surface area contributed by atoms with Crippen molar-refractivity contribution in [3.8, 4) is 0 Å². The third kappa shape index (κ3) is 6.10. The molecule has 0 amide bonds. The van der Waals surface area contributed by atoms with E-state index >= 15 is 0 Å². The van der Waals surface area contributed by atoms with Crippen molar-refractivity contribution >= 4 is 41.6 Å². The quantitative estimate of drug-likeness (QED) is 0.628. The van der Waals surface area contributed by atoms with Gasteiger partial charge in [-0.3, -0.25) is 4.79 Å². The average molecular weight is 445 g/mol. The van der Waals surface area contributed by atoms with Crippen LogP contribution in [0, 0.1) is 5.92 Å². The Bertz CT molecular complexity index is 773. The number of hydrogen-bond acceptors (Lipinski definition) is 3. The number of carbonyl (C=O) groups is 1. The summed E-state index contributed by atoms with van der Waals surface area (Å²) in [5.74, 6) is -0.989. The fraction of sp³-hybridized carbons (Fsp3) is 0.381. The lowest BCUT2D eigenvalue weighted by atomic mass is 9.98. The Hall–Kier alpha value is -1.30.